The molecular formula is C9H8N4O. The van der Waals surface area contributed by atoms with Crippen LogP contribution in [-0.4, -0.2) is 26.2 Å². The molecule has 0 saturated carbocycles. The van der Waals surface area contributed by atoms with E-state index in [0.29, 0.717) is 29.0 Å². The summed E-state index contributed by atoms with van der Waals surface area (Å²) >= 11 is 0. The number of nitrogens with zero attached hydrogens (tertiary/aromatic N) is 4. The number of hydrogen-bond donors (Lipinski definition) is 0. The predicted molar refractivity (Wildman–Crippen MR) is 50.0 cm³/mol. The number of fused-ring (bicyclic) bond motifs is 1. The number of aryl methyl sites for hydroxylation is 2. The Bertz CT molecular complexity index is 509. The normalized spacial score (nSPS) is 10.4. The largest absolute Gasteiger partial charge is 0.296 e. The maximum absolute atomic E-state index is 10.5. The fraction of sp³-hybridized carbons (Fsp3) is 0.222. The van der Waals surface area contributed by atoms with Gasteiger partial charge in [0.15, 0.2) is 11.9 Å². The summed E-state index contributed by atoms with van der Waals surface area (Å²) in [6.07, 6.45) is 2.06. The van der Waals surface area contributed by atoms with Crippen molar-refractivity contribution < 1.29 is 4.79 Å². The summed E-state index contributed by atoms with van der Waals surface area (Å²) in [5.41, 5.74) is 2.15. The lowest BCUT2D eigenvalue weighted by molar-refractivity contribution is 0.111. The maximum Gasteiger partial charge on any atom is 0.181 e. The molecule has 0 aliphatic rings. The van der Waals surface area contributed by atoms with E-state index in [0.717, 1.165) is 5.69 Å². The first kappa shape index (κ1) is 8.68. The van der Waals surface area contributed by atoms with Crippen LogP contribution in [0.15, 0.2) is 6.20 Å². The zero-order chi connectivity index (χ0) is 10.1. The highest BCUT2D eigenvalue weighted by Gasteiger charge is 2.05. The number of rotatable bonds is 1. The van der Waals surface area contributed by atoms with E-state index >= 15 is 0 Å². The van der Waals surface area contributed by atoms with Gasteiger partial charge in [0.05, 0.1) is 11.9 Å². The molecule has 0 unspecified atom stereocenters. The second-order valence-electron chi connectivity index (χ2n) is 2.94. The molecule has 0 atom stereocenters. The number of aldehydes is 1. The van der Waals surface area contributed by atoms with Gasteiger partial charge in [-0.3, -0.25) is 4.79 Å². The second kappa shape index (κ2) is 3.10. The van der Waals surface area contributed by atoms with Crippen LogP contribution in [0.2, 0.25) is 0 Å². The monoisotopic (exact) mass is 188 g/mol. The molecule has 0 radical (unpaired) electrons. The van der Waals surface area contributed by atoms with Gasteiger partial charge in [0.25, 0.3) is 0 Å². The quantitative estimate of drug-likeness (QED) is 0.620. The average molecular weight is 188 g/mol. The molecule has 2 heterocycles. The summed E-state index contributed by atoms with van der Waals surface area (Å²) < 4.78 is 0. The van der Waals surface area contributed by atoms with Crippen molar-refractivity contribution in [2.24, 2.45) is 0 Å². The molecule has 0 bridgehead atoms. The summed E-state index contributed by atoms with van der Waals surface area (Å²) in [7, 11) is 0. The van der Waals surface area contributed by atoms with Crippen LogP contribution in [0.1, 0.15) is 22.0 Å². The molecule has 0 N–H and O–H groups in total. The van der Waals surface area contributed by atoms with Crippen LogP contribution in [0, 0.1) is 13.8 Å². The average Bonchev–Trinajstić information content (AvgIpc) is 2.17. The van der Waals surface area contributed by atoms with Crippen molar-refractivity contribution in [2.75, 3.05) is 0 Å². The van der Waals surface area contributed by atoms with Gasteiger partial charge in [0.1, 0.15) is 17.0 Å². The number of carbonyl (C=O) groups excluding carboxylic acids is 1. The Hall–Kier alpha value is -1.91. The Labute approximate surface area is 80.2 Å². The Morgan fingerprint density at radius 1 is 1.21 bits per heavy atom. The van der Waals surface area contributed by atoms with Gasteiger partial charge in [-0.25, -0.2) is 19.9 Å². The van der Waals surface area contributed by atoms with Crippen molar-refractivity contribution in [1.82, 2.24) is 19.9 Å². The third-order valence-corrected chi connectivity index (χ3v) is 1.83. The van der Waals surface area contributed by atoms with Gasteiger partial charge in [0, 0.05) is 0 Å². The van der Waals surface area contributed by atoms with E-state index in [1.807, 2.05) is 6.92 Å². The van der Waals surface area contributed by atoms with E-state index < -0.39 is 0 Å². The first-order valence-electron chi connectivity index (χ1n) is 4.14. The number of carbonyl (C=O) groups is 1. The summed E-state index contributed by atoms with van der Waals surface area (Å²) in [6.45, 7) is 3.61. The minimum absolute atomic E-state index is 0.299. The molecule has 0 amide bonds. The molecule has 0 fully saturated rings. The number of hydrogen-bond acceptors (Lipinski definition) is 5. The summed E-state index contributed by atoms with van der Waals surface area (Å²) in [5, 5.41) is 0. The molecule has 5 heteroatoms. The number of aromatic nitrogens is 4. The molecule has 0 aliphatic carbocycles. The fourth-order valence-electron chi connectivity index (χ4n) is 1.25. The SMILES string of the molecule is Cc1nc(C)c2nc(C=O)cnc2n1. The lowest BCUT2D eigenvalue weighted by Crippen LogP contribution is -1.99. The first-order valence-corrected chi connectivity index (χ1v) is 4.14. The highest BCUT2D eigenvalue weighted by molar-refractivity contribution is 5.78. The smallest absolute Gasteiger partial charge is 0.181 e. The van der Waals surface area contributed by atoms with Gasteiger partial charge in [-0.15, -0.1) is 0 Å². The molecule has 2 aromatic rings. The lowest BCUT2D eigenvalue weighted by atomic mass is 10.3. The van der Waals surface area contributed by atoms with Gasteiger partial charge >= 0.3 is 0 Å². The van der Waals surface area contributed by atoms with Crippen molar-refractivity contribution in [3.63, 3.8) is 0 Å². The van der Waals surface area contributed by atoms with Gasteiger partial charge in [-0.2, -0.15) is 0 Å². The minimum Gasteiger partial charge on any atom is -0.296 e. The zero-order valence-corrected chi connectivity index (χ0v) is 7.85. The Balaban J connectivity index is 2.81. The van der Waals surface area contributed by atoms with E-state index in [9.17, 15) is 4.79 Å². The van der Waals surface area contributed by atoms with Crippen LogP contribution in [0.4, 0.5) is 0 Å². The van der Waals surface area contributed by atoms with Crippen LogP contribution in [0.3, 0.4) is 0 Å². The van der Waals surface area contributed by atoms with Crippen molar-refractivity contribution in [1.29, 1.82) is 0 Å². The van der Waals surface area contributed by atoms with E-state index in [1.165, 1.54) is 6.20 Å². The van der Waals surface area contributed by atoms with Gasteiger partial charge in [-0.1, -0.05) is 0 Å². The van der Waals surface area contributed by atoms with Crippen LogP contribution in [0.5, 0.6) is 0 Å². The highest BCUT2D eigenvalue weighted by Crippen LogP contribution is 2.09. The zero-order valence-electron chi connectivity index (χ0n) is 7.85. The molecular weight excluding hydrogens is 180 g/mol. The predicted octanol–water partition coefficient (Wildman–Crippen LogP) is 0.849. The highest BCUT2D eigenvalue weighted by atomic mass is 16.1. The van der Waals surface area contributed by atoms with E-state index in [2.05, 4.69) is 19.9 Å². The molecule has 2 aromatic heterocycles. The Morgan fingerprint density at radius 3 is 2.71 bits per heavy atom. The summed E-state index contributed by atoms with van der Waals surface area (Å²) in [5.74, 6) is 0.656. The van der Waals surface area contributed by atoms with Crippen LogP contribution >= 0.6 is 0 Å². The van der Waals surface area contributed by atoms with Crippen LogP contribution in [0.25, 0.3) is 11.2 Å². The molecule has 5 nitrogen and oxygen atoms in total. The lowest BCUT2D eigenvalue weighted by Gasteiger charge is -2.00. The Morgan fingerprint density at radius 2 is 2.00 bits per heavy atom. The van der Waals surface area contributed by atoms with E-state index in [1.54, 1.807) is 6.92 Å². The standard InChI is InChI=1S/C9H8N4O/c1-5-8-9(12-6(2)11-5)10-3-7(4-14)13-8/h3-4H,1-2H3. The van der Waals surface area contributed by atoms with Crippen LogP contribution < -0.4 is 0 Å². The van der Waals surface area contributed by atoms with Crippen LogP contribution in [-0.2, 0) is 0 Å². The summed E-state index contributed by atoms with van der Waals surface area (Å²) in [4.78, 5) is 26.9. The first-order chi connectivity index (χ1) is 6.70. The third-order valence-electron chi connectivity index (χ3n) is 1.83. The molecule has 2 rings (SSSR count). The maximum atomic E-state index is 10.5. The third kappa shape index (κ3) is 1.32. The molecule has 0 spiro atoms. The molecule has 0 aromatic carbocycles. The van der Waals surface area contributed by atoms with Crippen molar-refractivity contribution in [3.8, 4) is 0 Å². The van der Waals surface area contributed by atoms with Gasteiger partial charge in [-0.05, 0) is 13.8 Å². The fourth-order valence-corrected chi connectivity index (χ4v) is 1.25. The van der Waals surface area contributed by atoms with Crippen molar-refractivity contribution in [2.45, 2.75) is 13.8 Å². The topological polar surface area (TPSA) is 68.6 Å². The molecule has 14 heavy (non-hydrogen) atoms. The molecule has 0 saturated heterocycles. The van der Waals surface area contributed by atoms with E-state index in [4.69, 9.17) is 0 Å². The van der Waals surface area contributed by atoms with Crippen molar-refractivity contribution in [3.05, 3.63) is 23.4 Å². The second-order valence-corrected chi connectivity index (χ2v) is 2.94. The van der Waals surface area contributed by atoms with Crippen molar-refractivity contribution >= 4 is 17.5 Å². The molecule has 0 aliphatic heterocycles. The Kier molecular flexibility index (Phi) is 1.92. The van der Waals surface area contributed by atoms with Gasteiger partial charge < -0.3 is 0 Å². The van der Waals surface area contributed by atoms with E-state index in [-0.39, 0.29) is 0 Å². The summed E-state index contributed by atoms with van der Waals surface area (Å²) in [6, 6.07) is 0. The minimum atomic E-state index is 0.299. The molecule has 70 valence electrons. The van der Waals surface area contributed by atoms with Gasteiger partial charge in [0.2, 0.25) is 0 Å².